The highest BCUT2D eigenvalue weighted by Gasteiger charge is 2.24. The van der Waals surface area contributed by atoms with Gasteiger partial charge in [0, 0.05) is 18.2 Å². The van der Waals surface area contributed by atoms with E-state index >= 15 is 0 Å². The quantitative estimate of drug-likeness (QED) is 0.285. The largest absolute Gasteiger partial charge is 0.454 e. The summed E-state index contributed by atoms with van der Waals surface area (Å²) in [4.78, 5) is 36.7. The predicted octanol–water partition coefficient (Wildman–Crippen LogP) is 3.17. The Hall–Kier alpha value is -4.37. The molecule has 0 aliphatic carbocycles. The molecule has 1 aromatic heterocycles. The Labute approximate surface area is 194 Å². The molecule has 0 radical (unpaired) electrons. The fraction of sp³-hybridized carbons (Fsp3) is 0.0526. The third-order valence-corrected chi connectivity index (χ3v) is 7.61. The van der Waals surface area contributed by atoms with Gasteiger partial charge in [-0.15, -0.1) is 0 Å². The van der Waals surface area contributed by atoms with Crippen LogP contribution in [0.1, 0.15) is 5.56 Å². The fourth-order valence-electron chi connectivity index (χ4n) is 2.86. The Balaban J connectivity index is 1.49. The number of sulfone groups is 1. The van der Waals surface area contributed by atoms with Crippen LogP contribution < -0.4 is 14.8 Å². The molecule has 0 bridgehead atoms. The van der Waals surface area contributed by atoms with Crippen molar-refractivity contribution in [3.63, 3.8) is 0 Å². The Morgan fingerprint density at radius 3 is 2.41 bits per heavy atom. The molecule has 13 nitrogen and oxygen atoms in total. The number of fused-ring (bicyclic) bond motifs is 1. The van der Waals surface area contributed by atoms with E-state index in [1.165, 1.54) is 18.2 Å². The Bertz CT molecular complexity index is 1450. The molecule has 0 spiro atoms. The molecule has 2 heterocycles. The highest BCUT2D eigenvalue weighted by atomic mass is 32.2. The normalized spacial score (nSPS) is 12.6. The second-order valence-corrected chi connectivity index (χ2v) is 9.79. The van der Waals surface area contributed by atoms with E-state index in [0.29, 0.717) is 17.1 Å². The van der Waals surface area contributed by atoms with Crippen LogP contribution in [0.3, 0.4) is 0 Å². The lowest BCUT2D eigenvalue weighted by atomic mass is 10.1. The van der Waals surface area contributed by atoms with Crippen LogP contribution in [0, 0.1) is 20.2 Å². The lowest BCUT2D eigenvalue weighted by molar-refractivity contribution is -0.385. The molecule has 0 saturated heterocycles. The molecular formula is C19H12N4O9S2. The van der Waals surface area contributed by atoms with Gasteiger partial charge in [-0.05, 0) is 24.3 Å². The minimum Gasteiger partial charge on any atom is -0.454 e. The molecule has 0 unspecified atom stereocenters. The maximum Gasteiger partial charge on any atom is 0.280 e. The summed E-state index contributed by atoms with van der Waals surface area (Å²) in [6.07, 6.45) is 3.28. The van der Waals surface area contributed by atoms with Gasteiger partial charge in [0.15, 0.2) is 16.6 Å². The Kier molecular flexibility index (Phi) is 5.95. The number of nitrogens with zero attached hydrogens (tertiary/aromatic N) is 3. The summed E-state index contributed by atoms with van der Waals surface area (Å²) in [5.74, 6) is -0.190. The van der Waals surface area contributed by atoms with Gasteiger partial charge in [0.1, 0.15) is 4.21 Å². The third kappa shape index (κ3) is 4.55. The molecule has 1 aliphatic heterocycles. The molecule has 0 saturated carbocycles. The molecular weight excluding hydrogens is 492 g/mol. The van der Waals surface area contributed by atoms with Gasteiger partial charge in [0.25, 0.3) is 11.4 Å². The van der Waals surface area contributed by atoms with Crippen molar-refractivity contribution >= 4 is 49.7 Å². The number of nitro benzene ring substituents is 2. The molecule has 0 fully saturated rings. The summed E-state index contributed by atoms with van der Waals surface area (Å²) in [6.45, 7) is -0.0741. The number of carbonyl (C=O) groups is 1. The second-order valence-electron chi connectivity index (χ2n) is 6.58. The number of hydrogen-bond acceptors (Lipinski definition) is 11. The first-order chi connectivity index (χ1) is 16.1. The van der Waals surface area contributed by atoms with Crippen molar-refractivity contribution in [2.24, 2.45) is 0 Å². The van der Waals surface area contributed by atoms with Crippen LogP contribution in [-0.4, -0.2) is 35.9 Å². The number of benzene rings is 2. The predicted molar refractivity (Wildman–Crippen MR) is 118 cm³/mol. The van der Waals surface area contributed by atoms with Crippen molar-refractivity contribution < 1.29 is 32.5 Å². The molecule has 174 valence electrons. The van der Waals surface area contributed by atoms with E-state index in [4.69, 9.17) is 9.47 Å². The summed E-state index contributed by atoms with van der Waals surface area (Å²) >= 11 is 0.676. The Morgan fingerprint density at radius 2 is 1.76 bits per heavy atom. The SMILES string of the molecule is O=C(/C=C/c1cc2c(cc1[N+](=O)[O-])OCO2)Nc1ncc(S(=O)(=O)c2ccc([N+](=O)[O-])cc2)s1. The van der Waals surface area contributed by atoms with Gasteiger partial charge < -0.3 is 9.47 Å². The zero-order valence-corrected chi connectivity index (χ0v) is 18.4. The first-order valence-electron chi connectivity index (χ1n) is 9.17. The summed E-state index contributed by atoms with van der Waals surface area (Å²) in [6, 6.07) is 6.89. The molecule has 4 rings (SSSR count). The minimum atomic E-state index is -4.01. The van der Waals surface area contributed by atoms with Crippen LogP contribution in [0.5, 0.6) is 11.5 Å². The van der Waals surface area contributed by atoms with E-state index in [1.54, 1.807) is 0 Å². The smallest absolute Gasteiger partial charge is 0.280 e. The average molecular weight is 504 g/mol. The van der Waals surface area contributed by atoms with Crippen molar-refractivity contribution in [3.8, 4) is 11.5 Å². The van der Waals surface area contributed by atoms with Gasteiger partial charge in [0.05, 0.1) is 32.6 Å². The molecule has 2 aromatic carbocycles. The average Bonchev–Trinajstić information content (AvgIpc) is 3.46. The number of thiazole rings is 1. The third-order valence-electron chi connectivity index (χ3n) is 4.47. The summed E-state index contributed by atoms with van der Waals surface area (Å²) in [5, 5.41) is 24.4. The standard InChI is InChI=1S/C19H12N4O9S2/c24-17(6-1-11-7-15-16(32-10-31-15)8-14(11)23(27)28)21-19-20-9-18(33-19)34(29,30)13-4-2-12(3-5-13)22(25)26/h1-9H,10H2,(H,20,21,24)/b6-1+. The lowest BCUT2D eigenvalue weighted by Gasteiger charge is -2.01. The maximum atomic E-state index is 12.7. The fourth-order valence-corrected chi connectivity index (χ4v) is 5.29. The first-order valence-corrected chi connectivity index (χ1v) is 11.5. The van der Waals surface area contributed by atoms with Gasteiger partial charge in [-0.25, -0.2) is 13.4 Å². The van der Waals surface area contributed by atoms with Crippen molar-refractivity contribution in [2.75, 3.05) is 12.1 Å². The highest BCUT2D eigenvalue weighted by molar-refractivity contribution is 7.93. The van der Waals surface area contributed by atoms with E-state index < -0.39 is 25.6 Å². The number of nitro groups is 2. The van der Waals surface area contributed by atoms with Crippen LogP contribution in [0.4, 0.5) is 16.5 Å². The number of anilines is 1. The number of ether oxygens (including phenoxy) is 2. The van der Waals surface area contributed by atoms with Crippen molar-refractivity contribution in [2.45, 2.75) is 9.10 Å². The van der Waals surface area contributed by atoms with Gasteiger partial charge in [-0.1, -0.05) is 11.3 Å². The molecule has 15 heteroatoms. The molecule has 1 aliphatic rings. The molecule has 0 atom stereocenters. The van der Waals surface area contributed by atoms with E-state index in [1.807, 2.05) is 0 Å². The monoisotopic (exact) mass is 504 g/mol. The number of rotatable bonds is 7. The highest BCUT2D eigenvalue weighted by Crippen LogP contribution is 2.38. The zero-order chi connectivity index (χ0) is 24.5. The molecule has 1 amide bonds. The number of amides is 1. The molecule has 3 aromatic rings. The van der Waals surface area contributed by atoms with Crippen LogP contribution in [-0.2, 0) is 14.6 Å². The van der Waals surface area contributed by atoms with Crippen LogP contribution >= 0.6 is 11.3 Å². The van der Waals surface area contributed by atoms with Crippen molar-refractivity contribution in [1.82, 2.24) is 4.98 Å². The van der Waals surface area contributed by atoms with E-state index in [-0.39, 0.29) is 43.7 Å². The van der Waals surface area contributed by atoms with E-state index in [9.17, 15) is 33.4 Å². The van der Waals surface area contributed by atoms with Gasteiger partial charge in [-0.2, -0.15) is 0 Å². The second kappa shape index (κ2) is 8.87. The maximum absolute atomic E-state index is 12.7. The van der Waals surface area contributed by atoms with Gasteiger partial charge >= 0.3 is 0 Å². The van der Waals surface area contributed by atoms with E-state index in [0.717, 1.165) is 36.5 Å². The van der Waals surface area contributed by atoms with E-state index in [2.05, 4.69) is 10.3 Å². The van der Waals surface area contributed by atoms with Gasteiger partial charge in [-0.3, -0.25) is 30.3 Å². The first kappa shape index (κ1) is 22.8. The number of nitrogens with one attached hydrogen (secondary N) is 1. The summed E-state index contributed by atoms with van der Waals surface area (Å²) < 4.78 is 35.5. The Morgan fingerprint density at radius 1 is 1.09 bits per heavy atom. The topological polar surface area (TPSA) is 181 Å². The van der Waals surface area contributed by atoms with Gasteiger partial charge in [0.2, 0.25) is 22.5 Å². The number of aromatic nitrogens is 1. The van der Waals surface area contributed by atoms with Crippen LogP contribution in [0.2, 0.25) is 0 Å². The number of carbonyl (C=O) groups excluding carboxylic acids is 1. The van der Waals surface area contributed by atoms with Crippen molar-refractivity contribution in [3.05, 3.63) is 74.5 Å². The summed E-state index contributed by atoms with van der Waals surface area (Å²) in [7, 11) is -4.01. The van der Waals surface area contributed by atoms with Crippen molar-refractivity contribution in [1.29, 1.82) is 0 Å². The summed E-state index contributed by atoms with van der Waals surface area (Å²) in [5.41, 5.74) is -0.449. The molecule has 1 N–H and O–H groups in total. The lowest BCUT2D eigenvalue weighted by Crippen LogP contribution is -2.07. The number of hydrogen-bond donors (Lipinski definition) is 1. The molecule has 34 heavy (non-hydrogen) atoms. The zero-order valence-electron chi connectivity index (χ0n) is 16.7. The van der Waals surface area contributed by atoms with Crippen LogP contribution in [0.15, 0.2) is 57.8 Å². The van der Waals surface area contributed by atoms with Crippen LogP contribution in [0.25, 0.3) is 6.08 Å². The minimum absolute atomic E-state index is 0.0321. The number of non-ortho nitro benzene ring substituents is 1.